The van der Waals surface area contributed by atoms with Gasteiger partial charge in [0.05, 0.1) is 0 Å². The van der Waals surface area contributed by atoms with Crippen molar-refractivity contribution in [2.75, 3.05) is 0 Å². The molecule has 0 bridgehead atoms. The molecule has 2 heteroatoms. The lowest BCUT2D eigenvalue weighted by Crippen LogP contribution is -2.32. The van der Waals surface area contributed by atoms with Gasteiger partial charge in [-0.2, -0.15) is 0 Å². The summed E-state index contributed by atoms with van der Waals surface area (Å²) in [5.41, 5.74) is 0. The number of hydrogen-bond acceptors (Lipinski definition) is 2. The van der Waals surface area contributed by atoms with E-state index < -0.39 is 0 Å². The molecule has 2 nitrogen and oxygen atoms in total. The molecule has 1 atom stereocenters. The molecule has 0 N–H and O–H groups in total. The third-order valence-corrected chi connectivity index (χ3v) is 11.4. The Morgan fingerprint density at radius 3 is 0.942 bits per heavy atom. The molecular formula is C50H92O2. The van der Waals surface area contributed by atoms with Crippen LogP contribution in [0.15, 0.2) is 36.1 Å². The van der Waals surface area contributed by atoms with E-state index in [-0.39, 0.29) is 11.9 Å². The molecular weight excluding hydrogens is 633 g/mol. The fourth-order valence-corrected chi connectivity index (χ4v) is 7.76. The zero-order valence-electron chi connectivity index (χ0n) is 35.6. The van der Waals surface area contributed by atoms with Gasteiger partial charge in [-0.05, 0) is 76.7 Å². The molecule has 0 amide bonds. The van der Waals surface area contributed by atoms with Crippen LogP contribution in [0.2, 0.25) is 0 Å². The molecule has 0 aliphatic carbocycles. The molecule has 0 spiro atoms. The van der Waals surface area contributed by atoms with Crippen LogP contribution in [0.25, 0.3) is 0 Å². The molecule has 52 heavy (non-hydrogen) atoms. The minimum absolute atomic E-state index is 0.0187. The van der Waals surface area contributed by atoms with E-state index in [1.165, 1.54) is 244 Å². The summed E-state index contributed by atoms with van der Waals surface area (Å²) in [6.45, 7) is 4.59. The largest absolute Gasteiger partial charge is 0.430 e. The van der Waals surface area contributed by atoms with Gasteiger partial charge in [-0.15, -0.1) is 0 Å². The summed E-state index contributed by atoms with van der Waals surface area (Å²) >= 11 is 0. The van der Waals surface area contributed by atoms with Gasteiger partial charge in [-0.25, -0.2) is 0 Å². The summed E-state index contributed by atoms with van der Waals surface area (Å²) in [4.78, 5) is 12.0. The standard InChI is InChI=1S/C50H92O2/c1-3-5-7-9-11-13-15-17-19-21-23-25-27-29-31-33-35-37-39-41-43-45-47-49-48(50(51)52-49)46-44-42-40-38-36-34-32-30-28-26-24-22-20-18-16-14-12-10-8-6-4-2/h19-22,47-48H,3-18,23-46H2,1-2H3/b21-19+,22-20+,49-47-. The number of hydrogen-bond donors (Lipinski definition) is 0. The number of ether oxygens (including phenoxy) is 1. The molecule has 1 fully saturated rings. The van der Waals surface area contributed by atoms with E-state index in [0.29, 0.717) is 0 Å². The van der Waals surface area contributed by atoms with Crippen molar-refractivity contribution < 1.29 is 9.53 Å². The topological polar surface area (TPSA) is 26.3 Å². The Labute approximate surface area is 327 Å². The molecule has 1 aliphatic heterocycles. The SMILES string of the molecule is CCCCCCCCC/C=C/CCCCCCCCCCCC/C=C1\OC(=O)C1CCCCCCCCCCCC/C=C/CCCCCCCCC. The van der Waals surface area contributed by atoms with Crippen molar-refractivity contribution in [3.63, 3.8) is 0 Å². The molecule has 1 unspecified atom stereocenters. The van der Waals surface area contributed by atoms with Crippen LogP contribution in [-0.2, 0) is 9.53 Å². The maximum Gasteiger partial charge on any atom is 0.321 e. The first kappa shape index (κ1) is 48.7. The van der Waals surface area contributed by atoms with Crippen molar-refractivity contribution in [3.05, 3.63) is 36.1 Å². The Morgan fingerprint density at radius 1 is 0.365 bits per heavy atom. The van der Waals surface area contributed by atoms with E-state index in [0.717, 1.165) is 18.6 Å². The Kier molecular flexibility index (Phi) is 38.3. The van der Waals surface area contributed by atoms with Crippen LogP contribution in [-0.4, -0.2) is 5.97 Å². The highest BCUT2D eigenvalue weighted by atomic mass is 16.6. The van der Waals surface area contributed by atoms with Gasteiger partial charge in [0.15, 0.2) is 0 Å². The third kappa shape index (κ3) is 33.3. The highest BCUT2D eigenvalue weighted by molar-refractivity contribution is 5.82. The molecule has 0 aromatic rings. The van der Waals surface area contributed by atoms with Gasteiger partial charge in [-0.3, -0.25) is 4.79 Å². The van der Waals surface area contributed by atoms with Crippen molar-refractivity contribution in [1.29, 1.82) is 0 Å². The smallest absolute Gasteiger partial charge is 0.321 e. The van der Waals surface area contributed by atoms with E-state index in [1.54, 1.807) is 0 Å². The average Bonchev–Trinajstić information content (AvgIpc) is 3.15. The fraction of sp³-hybridized carbons (Fsp3) is 0.860. The van der Waals surface area contributed by atoms with Gasteiger partial charge in [0.2, 0.25) is 0 Å². The first-order valence-corrected chi connectivity index (χ1v) is 24.0. The summed E-state index contributed by atoms with van der Waals surface area (Å²) in [5.74, 6) is 1.07. The Hall–Kier alpha value is -1.31. The molecule has 1 heterocycles. The third-order valence-electron chi connectivity index (χ3n) is 11.4. The van der Waals surface area contributed by atoms with Crippen LogP contribution in [0, 0.1) is 5.92 Å². The number of carbonyl (C=O) groups is 1. The highest BCUT2D eigenvalue weighted by Gasteiger charge is 2.36. The Balaban J connectivity index is 1.80. The molecule has 0 saturated carbocycles. The van der Waals surface area contributed by atoms with Crippen LogP contribution in [0.3, 0.4) is 0 Å². The number of esters is 1. The zero-order valence-corrected chi connectivity index (χ0v) is 35.6. The van der Waals surface area contributed by atoms with E-state index in [4.69, 9.17) is 4.74 Å². The van der Waals surface area contributed by atoms with Gasteiger partial charge in [0.1, 0.15) is 11.7 Å². The minimum atomic E-state index is 0.0187. The summed E-state index contributed by atoms with van der Waals surface area (Å²) in [6.07, 6.45) is 66.1. The molecule has 0 aromatic heterocycles. The molecule has 304 valence electrons. The number of rotatable bonds is 42. The Bertz CT molecular complexity index is 822. The molecule has 0 aromatic carbocycles. The van der Waals surface area contributed by atoms with Crippen LogP contribution >= 0.6 is 0 Å². The first-order valence-electron chi connectivity index (χ1n) is 24.0. The zero-order chi connectivity index (χ0) is 37.3. The number of cyclic esters (lactones) is 1. The number of unbranched alkanes of at least 4 members (excludes halogenated alkanes) is 35. The van der Waals surface area contributed by atoms with Gasteiger partial charge >= 0.3 is 5.97 Å². The predicted molar refractivity (Wildman–Crippen MR) is 232 cm³/mol. The minimum Gasteiger partial charge on any atom is -0.430 e. The molecule has 1 aliphatic rings. The second kappa shape index (κ2) is 40.9. The summed E-state index contributed by atoms with van der Waals surface area (Å²) in [6, 6.07) is 0. The lowest BCUT2D eigenvalue weighted by molar-refractivity contribution is -0.157. The normalized spacial score (nSPS) is 15.4. The van der Waals surface area contributed by atoms with Crippen LogP contribution in [0.4, 0.5) is 0 Å². The van der Waals surface area contributed by atoms with E-state index in [1.807, 2.05) is 0 Å². The van der Waals surface area contributed by atoms with Crippen LogP contribution in [0.5, 0.6) is 0 Å². The summed E-state index contributed by atoms with van der Waals surface area (Å²) in [5, 5.41) is 0. The average molecular weight is 725 g/mol. The summed E-state index contributed by atoms with van der Waals surface area (Å²) < 4.78 is 5.41. The second-order valence-corrected chi connectivity index (χ2v) is 16.6. The number of carbonyl (C=O) groups excluding carboxylic acids is 1. The van der Waals surface area contributed by atoms with Gasteiger partial charge in [0, 0.05) is 0 Å². The first-order chi connectivity index (χ1) is 25.8. The number of allylic oxidation sites excluding steroid dienone is 5. The van der Waals surface area contributed by atoms with Crippen molar-refractivity contribution in [2.24, 2.45) is 5.92 Å². The van der Waals surface area contributed by atoms with Gasteiger partial charge in [0.25, 0.3) is 0 Å². The van der Waals surface area contributed by atoms with Gasteiger partial charge in [-0.1, -0.05) is 224 Å². The second-order valence-electron chi connectivity index (χ2n) is 16.6. The maximum absolute atomic E-state index is 12.0. The van der Waals surface area contributed by atoms with Crippen LogP contribution < -0.4 is 0 Å². The van der Waals surface area contributed by atoms with E-state index in [2.05, 4.69) is 44.2 Å². The lowest BCUT2D eigenvalue weighted by atomic mass is 9.93. The fourth-order valence-electron chi connectivity index (χ4n) is 7.76. The molecule has 0 radical (unpaired) electrons. The van der Waals surface area contributed by atoms with Crippen LogP contribution in [0.1, 0.15) is 271 Å². The highest BCUT2D eigenvalue weighted by Crippen LogP contribution is 2.32. The quantitative estimate of drug-likeness (QED) is 0.0356. The van der Waals surface area contributed by atoms with Crippen molar-refractivity contribution in [3.8, 4) is 0 Å². The molecule has 1 rings (SSSR count). The predicted octanol–water partition coefficient (Wildman–Crippen LogP) is 17.8. The monoisotopic (exact) mass is 725 g/mol. The van der Waals surface area contributed by atoms with E-state index in [9.17, 15) is 4.79 Å². The Morgan fingerprint density at radius 2 is 0.635 bits per heavy atom. The van der Waals surface area contributed by atoms with Gasteiger partial charge < -0.3 is 4.74 Å². The maximum atomic E-state index is 12.0. The van der Waals surface area contributed by atoms with Crippen molar-refractivity contribution in [2.45, 2.75) is 271 Å². The summed E-state index contributed by atoms with van der Waals surface area (Å²) in [7, 11) is 0. The molecule has 1 saturated heterocycles. The van der Waals surface area contributed by atoms with Crippen molar-refractivity contribution in [1.82, 2.24) is 0 Å². The van der Waals surface area contributed by atoms with Crippen molar-refractivity contribution >= 4 is 5.97 Å². The lowest BCUT2D eigenvalue weighted by Gasteiger charge is -2.28. The van der Waals surface area contributed by atoms with E-state index >= 15 is 0 Å².